The Labute approximate surface area is 90.8 Å². The topological polar surface area (TPSA) is 90.4 Å². The highest BCUT2D eigenvalue weighted by Gasteiger charge is 2.14. The Balaban J connectivity index is 2.15. The van der Waals surface area contributed by atoms with E-state index in [-0.39, 0.29) is 11.6 Å². The van der Waals surface area contributed by atoms with Crippen LogP contribution in [0, 0.1) is 0 Å². The maximum absolute atomic E-state index is 11.5. The van der Waals surface area contributed by atoms with E-state index in [2.05, 4.69) is 5.10 Å². The predicted octanol–water partition coefficient (Wildman–Crippen LogP) is 0.522. The van der Waals surface area contributed by atoms with Crippen molar-refractivity contribution in [2.24, 2.45) is 0 Å². The van der Waals surface area contributed by atoms with Crippen LogP contribution in [0.5, 0.6) is 11.6 Å². The molecule has 6 heteroatoms. The first-order valence-corrected chi connectivity index (χ1v) is 4.48. The highest BCUT2D eigenvalue weighted by atomic mass is 16.5. The van der Waals surface area contributed by atoms with Crippen molar-refractivity contribution in [3.63, 3.8) is 0 Å². The SMILES string of the molecule is Nn1nc(C(=O)Oc2ccccc2)cc1O. The van der Waals surface area contributed by atoms with Gasteiger partial charge in [0.15, 0.2) is 5.69 Å². The smallest absolute Gasteiger partial charge is 0.364 e. The van der Waals surface area contributed by atoms with E-state index in [1.54, 1.807) is 30.3 Å². The van der Waals surface area contributed by atoms with Gasteiger partial charge in [0.1, 0.15) is 5.75 Å². The van der Waals surface area contributed by atoms with Gasteiger partial charge in [-0.2, -0.15) is 0 Å². The van der Waals surface area contributed by atoms with E-state index in [0.29, 0.717) is 10.5 Å². The van der Waals surface area contributed by atoms with Gasteiger partial charge in [0.25, 0.3) is 0 Å². The van der Waals surface area contributed by atoms with Crippen LogP contribution in [0.1, 0.15) is 10.5 Å². The number of benzene rings is 1. The number of aromatic nitrogens is 2. The number of hydrogen-bond acceptors (Lipinski definition) is 5. The first-order valence-electron chi connectivity index (χ1n) is 4.48. The number of hydrogen-bond donors (Lipinski definition) is 2. The fourth-order valence-electron chi connectivity index (χ4n) is 1.13. The van der Waals surface area contributed by atoms with Crippen LogP contribution in [-0.4, -0.2) is 21.0 Å². The zero-order chi connectivity index (χ0) is 11.5. The second-order valence-corrected chi connectivity index (χ2v) is 3.03. The van der Waals surface area contributed by atoms with E-state index in [9.17, 15) is 4.79 Å². The maximum Gasteiger partial charge on any atom is 0.364 e. The average molecular weight is 219 g/mol. The summed E-state index contributed by atoms with van der Waals surface area (Å²) in [5, 5.41) is 12.7. The lowest BCUT2D eigenvalue weighted by Gasteiger charge is -2.00. The molecule has 0 saturated carbocycles. The van der Waals surface area contributed by atoms with Crippen molar-refractivity contribution in [2.75, 3.05) is 5.84 Å². The minimum atomic E-state index is -0.675. The third-order valence-corrected chi connectivity index (χ3v) is 1.88. The van der Waals surface area contributed by atoms with Crippen LogP contribution in [0.4, 0.5) is 0 Å². The van der Waals surface area contributed by atoms with Gasteiger partial charge in [-0.1, -0.05) is 18.2 Å². The second kappa shape index (κ2) is 3.93. The second-order valence-electron chi connectivity index (χ2n) is 3.03. The molecular weight excluding hydrogens is 210 g/mol. The molecule has 1 aromatic heterocycles. The summed E-state index contributed by atoms with van der Waals surface area (Å²) in [7, 11) is 0. The van der Waals surface area contributed by atoms with Crippen LogP contribution in [0.3, 0.4) is 0 Å². The van der Waals surface area contributed by atoms with Crippen molar-refractivity contribution in [1.29, 1.82) is 0 Å². The molecule has 0 aliphatic heterocycles. The number of ether oxygens (including phenoxy) is 1. The van der Waals surface area contributed by atoms with Crippen molar-refractivity contribution < 1.29 is 14.6 Å². The summed E-state index contributed by atoms with van der Waals surface area (Å²) in [6.07, 6.45) is 0. The fourth-order valence-corrected chi connectivity index (χ4v) is 1.13. The molecule has 0 amide bonds. The van der Waals surface area contributed by atoms with E-state index in [0.717, 1.165) is 6.07 Å². The molecule has 0 spiro atoms. The van der Waals surface area contributed by atoms with Crippen molar-refractivity contribution in [3.8, 4) is 11.6 Å². The van der Waals surface area contributed by atoms with Gasteiger partial charge in [-0.15, -0.1) is 9.89 Å². The number of para-hydroxylation sites is 1. The van der Waals surface area contributed by atoms with E-state index in [4.69, 9.17) is 15.7 Å². The fraction of sp³-hybridized carbons (Fsp3) is 0. The van der Waals surface area contributed by atoms with E-state index in [1.807, 2.05) is 0 Å². The lowest BCUT2D eigenvalue weighted by Crippen LogP contribution is -2.13. The van der Waals surface area contributed by atoms with Gasteiger partial charge in [0.2, 0.25) is 5.88 Å². The summed E-state index contributed by atoms with van der Waals surface area (Å²) in [4.78, 5) is 12.2. The Morgan fingerprint density at radius 3 is 2.62 bits per heavy atom. The van der Waals surface area contributed by atoms with Gasteiger partial charge in [0, 0.05) is 6.07 Å². The van der Waals surface area contributed by atoms with E-state index < -0.39 is 5.97 Å². The molecule has 82 valence electrons. The Hall–Kier alpha value is -2.50. The standard InChI is InChI=1S/C10H9N3O3/c11-13-9(14)6-8(12-13)10(15)16-7-4-2-1-3-5-7/h1-6,14H,11H2. The molecule has 0 atom stereocenters. The lowest BCUT2D eigenvalue weighted by molar-refractivity contribution is 0.0728. The number of carbonyl (C=O) groups is 1. The van der Waals surface area contributed by atoms with Crippen LogP contribution in [-0.2, 0) is 0 Å². The molecule has 3 N–H and O–H groups in total. The predicted molar refractivity (Wildman–Crippen MR) is 55.4 cm³/mol. The minimum Gasteiger partial charge on any atom is -0.492 e. The molecule has 1 aromatic carbocycles. The number of rotatable bonds is 2. The average Bonchev–Trinajstić information content (AvgIpc) is 2.61. The molecular formula is C10H9N3O3. The van der Waals surface area contributed by atoms with Crippen molar-refractivity contribution in [3.05, 3.63) is 42.1 Å². The van der Waals surface area contributed by atoms with Crippen LogP contribution in [0.25, 0.3) is 0 Å². The normalized spacial score (nSPS) is 10.0. The van der Waals surface area contributed by atoms with Gasteiger partial charge in [-0.05, 0) is 12.1 Å². The highest BCUT2D eigenvalue weighted by Crippen LogP contribution is 2.13. The summed E-state index contributed by atoms with van der Waals surface area (Å²) < 4.78 is 4.99. The Morgan fingerprint density at radius 1 is 1.38 bits per heavy atom. The van der Waals surface area contributed by atoms with Crippen LogP contribution >= 0.6 is 0 Å². The molecule has 0 unspecified atom stereocenters. The van der Waals surface area contributed by atoms with Gasteiger partial charge in [0.05, 0.1) is 0 Å². The quantitative estimate of drug-likeness (QED) is 0.436. The van der Waals surface area contributed by atoms with Crippen molar-refractivity contribution in [2.45, 2.75) is 0 Å². The maximum atomic E-state index is 11.5. The molecule has 1 heterocycles. The number of esters is 1. The number of nitrogen functional groups attached to an aromatic ring is 1. The summed E-state index contributed by atoms with van der Waals surface area (Å²) in [5.41, 5.74) is -0.0520. The zero-order valence-corrected chi connectivity index (χ0v) is 8.20. The molecule has 0 bridgehead atoms. The monoisotopic (exact) mass is 219 g/mol. The van der Waals surface area contributed by atoms with Crippen LogP contribution in [0.15, 0.2) is 36.4 Å². The zero-order valence-electron chi connectivity index (χ0n) is 8.20. The van der Waals surface area contributed by atoms with Gasteiger partial charge < -0.3 is 15.7 Å². The van der Waals surface area contributed by atoms with Gasteiger partial charge in [-0.3, -0.25) is 0 Å². The Kier molecular flexibility index (Phi) is 2.47. The summed E-state index contributed by atoms with van der Waals surface area (Å²) in [6, 6.07) is 9.68. The number of nitrogens with zero attached hydrogens (tertiary/aromatic N) is 2. The van der Waals surface area contributed by atoms with Gasteiger partial charge in [-0.25, -0.2) is 4.79 Å². The molecule has 0 radical (unpaired) electrons. The summed E-state index contributed by atoms with van der Waals surface area (Å²) >= 11 is 0. The number of carbonyl (C=O) groups excluding carboxylic acids is 1. The van der Waals surface area contributed by atoms with Crippen LogP contribution in [0.2, 0.25) is 0 Å². The number of nitrogens with two attached hydrogens (primary N) is 1. The molecule has 6 nitrogen and oxygen atoms in total. The first kappa shape index (κ1) is 10.0. The third-order valence-electron chi connectivity index (χ3n) is 1.88. The van der Waals surface area contributed by atoms with E-state index >= 15 is 0 Å². The highest BCUT2D eigenvalue weighted by molar-refractivity contribution is 5.89. The molecule has 16 heavy (non-hydrogen) atoms. The molecule has 0 aliphatic rings. The third kappa shape index (κ3) is 1.95. The molecule has 2 aromatic rings. The summed E-state index contributed by atoms with van der Waals surface area (Å²) in [6.45, 7) is 0. The van der Waals surface area contributed by atoms with Crippen molar-refractivity contribution in [1.82, 2.24) is 9.89 Å². The molecule has 0 aliphatic carbocycles. The van der Waals surface area contributed by atoms with Crippen LogP contribution < -0.4 is 10.6 Å². The Bertz CT molecular complexity index is 488. The molecule has 0 saturated heterocycles. The number of aromatic hydroxyl groups is 1. The van der Waals surface area contributed by atoms with E-state index in [1.165, 1.54) is 0 Å². The summed E-state index contributed by atoms with van der Waals surface area (Å²) in [5.74, 6) is 4.64. The Morgan fingerprint density at radius 2 is 2.06 bits per heavy atom. The largest absolute Gasteiger partial charge is 0.492 e. The minimum absolute atomic E-state index is 0.0520. The first-order chi connectivity index (χ1) is 7.66. The lowest BCUT2D eigenvalue weighted by atomic mass is 10.3. The van der Waals surface area contributed by atoms with Crippen molar-refractivity contribution >= 4 is 5.97 Å². The molecule has 0 fully saturated rings. The molecule has 2 rings (SSSR count). The van der Waals surface area contributed by atoms with Gasteiger partial charge >= 0.3 is 5.97 Å².